The van der Waals surface area contributed by atoms with E-state index in [4.69, 9.17) is 4.74 Å². The van der Waals surface area contributed by atoms with Crippen LogP contribution in [0, 0.1) is 0 Å². The molecule has 0 saturated heterocycles. The number of anilines is 3. The van der Waals surface area contributed by atoms with Crippen LogP contribution < -0.4 is 9.64 Å². The molecule has 0 bridgehead atoms. The first kappa shape index (κ1) is 37.0. The zero-order valence-electron chi connectivity index (χ0n) is 36.0. The molecule has 0 aromatic heterocycles. The van der Waals surface area contributed by atoms with Crippen LogP contribution in [0.25, 0.3) is 43.8 Å². The molecule has 3 aliphatic rings. The third-order valence-electron chi connectivity index (χ3n) is 14.8. The number of hydrogen-bond acceptors (Lipinski definition) is 2. The van der Waals surface area contributed by atoms with Gasteiger partial charge in [0, 0.05) is 28.2 Å². The smallest absolute Gasteiger partial charge is 0.132 e. The predicted molar refractivity (Wildman–Crippen MR) is 271 cm³/mol. The highest BCUT2D eigenvalue weighted by atomic mass is 16.5. The molecule has 1 heterocycles. The van der Waals surface area contributed by atoms with Crippen molar-refractivity contribution in [2.75, 3.05) is 4.90 Å². The molecule has 0 N–H and O–H groups in total. The fourth-order valence-electron chi connectivity index (χ4n) is 12.1. The summed E-state index contributed by atoms with van der Waals surface area (Å²) < 4.78 is 6.91. The van der Waals surface area contributed by atoms with Crippen LogP contribution in [-0.2, 0) is 10.8 Å². The number of hydrogen-bond donors (Lipinski definition) is 0. The largest absolute Gasteiger partial charge is 0.457 e. The van der Waals surface area contributed by atoms with Crippen molar-refractivity contribution in [1.82, 2.24) is 0 Å². The van der Waals surface area contributed by atoms with E-state index in [1.807, 2.05) is 0 Å². The van der Waals surface area contributed by atoms with Gasteiger partial charge in [-0.2, -0.15) is 0 Å². The molecule has 0 amide bonds. The van der Waals surface area contributed by atoms with E-state index in [2.05, 4.69) is 254 Å². The molecule has 2 aliphatic carbocycles. The summed E-state index contributed by atoms with van der Waals surface area (Å²) in [5.41, 5.74) is 17.0. The molecule has 66 heavy (non-hydrogen) atoms. The Balaban J connectivity index is 1.07. The fraction of sp³-hybridized carbons (Fsp3) is 0.0312. The summed E-state index contributed by atoms with van der Waals surface area (Å²) in [6.07, 6.45) is 0. The number of rotatable bonds is 5. The van der Waals surface area contributed by atoms with Gasteiger partial charge < -0.3 is 9.64 Å². The molecule has 0 saturated carbocycles. The quantitative estimate of drug-likeness (QED) is 0.171. The number of benzene rings is 11. The monoisotopic (exact) mass is 839 g/mol. The van der Waals surface area contributed by atoms with Gasteiger partial charge in [0.1, 0.15) is 11.5 Å². The maximum atomic E-state index is 6.91. The van der Waals surface area contributed by atoms with Crippen molar-refractivity contribution in [3.63, 3.8) is 0 Å². The highest BCUT2D eigenvalue weighted by molar-refractivity contribution is 5.99. The molecule has 11 aromatic rings. The average molecular weight is 840 g/mol. The first-order valence-corrected chi connectivity index (χ1v) is 22.9. The molecule has 14 rings (SSSR count). The van der Waals surface area contributed by atoms with Crippen LogP contribution in [-0.4, -0.2) is 0 Å². The van der Waals surface area contributed by atoms with Crippen LogP contribution in [0.2, 0.25) is 0 Å². The average Bonchev–Trinajstić information content (AvgIpc) is 3.84. The van der Waals surface area contributed by atoms with Crippen molar-refractivity contribution in [2.45, 2.75) is 10.8 Å². The molecule has 11 aromatic carbocycles. The van der Waals surface area contributed by atoms with Crippen molar-refractivity contribution in [2.24, 2.45) is 0 Å². The molecular weight excluding hydrogens is 799 g/mol. The summed E-state index contributed by atoms with van der Waals surface area (Å²) in [4.78, 5) is 2.49. The Morgan fingerprint density at radius 1 is 0.288 bits per heavy atom. The minimum Gasteiger partial charge on any atom is -0.457 e. The maximum Gasteiger partial charge on any atom is 0.132 e. The Hall–Kier alpha value is -8.46. The summed E-state index contributed by atoms with van der Waals surface area (Å²) in [7, 11) is 0. The molecule has 0 fully saturated rings. The van der Waals surface area contributed by atoms with Crippen molar-refractivity contribution < 1.29 is 4.74 Å². The van der Waals surface area contributed by atoms with Crippen LogP contribution in [0.4, 0.5) is 17.1 Å². The van der Waals surface area contributed by atoms with Gasteiger partial charge in [0.2, 0.25) is 0 Å². The summed E-state index contributed by atoms with van der Waals surface area (Å²) in [6, 6.07) is 92.0. The third-order valence-corrected chi connectivity index (χ3v) is 14.8. The summed E-state index contributed by atoms with van der Waals surface area (Å²) in [6.45, 7) is 0. The summed E-state index contributed by atoms with van der Waals surface area (Å²) >= 11 is 0. The van der Waals surface area contributed by atoms with Gasteiger partial charge in [-0.25, -0.2) is 0 Å². The van der Waals surface area contributed by atoms with E-state index in [9.17, 15) is 0 Å². The summed E-state index contributed by atoms with van der Waals surface area (Å²) in [5, 5.41) is 4.79. The van der Waals surface area contributed by atoms with Crippen LogP contribution in [0.1, 0.15) is 44.5 Å². The minimum absolute atomic E-state index is 0.542. The van der Waals surface area contributed by atoms with Crippen LogP contribution in [0.15, 0.2) is 249 Å². The van der Waals surface area contributed by atoms with Crippen molar-refractivity contribution in [3.05, 3.63) is 293 Å². The van der Waals surface area contributed by atoms with E-state index < -0.39 is 10.8 Å². The van der Waals surface area contributed by atoms with E-state index in [0.29, 0.717) is 0 Å². The molecule has 2 nitrogen and oxygen atoms in total. The molecule has 2 heteroatoms. The van der Waals surface area contributed by atoms with Gasteiger partial charge in [0.05, 0.1) is 10.8 Å². The van der Waals surface area contributed by atoms with E-state index >= 15 is 0 Å². The lowest BCUT2D eigenvalue weighted by Crippen LogP contribution is -2.32. The second-order valence-electron chi connectivity index (χ2n) is 17.9. The van der Waals surface area contributed by atoms with Gasteiger partial charge in [-0.05, 0) is 126 Å². The van der Waals surface area contributed by atoms with Gasteiger partial charge in [0.15, 0.2) is 0 Å². The van der Waals surface area contributed by atoms with Crippen LogP contribution in [0.3, 0.4) is 0 Å². The SMILES string of the molecule is c1ccc(C2(c3ccccc3)c3ccccc3-c3ccc(N(c4ccc5c(c4)C4(c6ccccc6Oc6ccc7ccccc7c64)c4ccccc4-5)c4ccc5ccccc5c4)cc32)cc1. The van der Waals surface area contributed by atoms with E-state index in [0.717, 1.165) is 34.1 Å². The highest BCUT2D eigenvalue weighted by Gasteiger charge is 2.52. The van der Waals surface area contributed by atoms with Gasteiger partial charge in [-0.3, -0.25) is 0 Å². The van der Waals surface area contributed by atoms with Crippen molar-refractivity contribution >= 4 is 38.6 Å². The Morgan fingerprint density at radius 2 is 0.758 bits per heavy atom. The molecule has 1 atom stereocenters. The van der Waals surface area contributed by atoms with Gasteiger partial charge in [0.25, 0.3) is 0 Å². The van der Waals surface area contributed by atoms with Gasteiger partial charge in [-0.15, -0.1) is 0 Å². The second kappa shape index (κ2) is 14.0. The topological polar surface area (TPSA) is 12.5 Å². The Labute approximate surface area is 384 Å². The highest BCUT2D eigenvalue weighted by Crippen LogP contribution is 2.64. The van der Waals surface area contributed by atoms with Crippen LogP contribution in [0.5, 0.6) is 11.5 Å². The van der Waals surface area contributed by atoms with Crippen molar-refractivity contribution in [1.29, 1.82) is 0 Å². The lowest BCUT2D eigenvalue weighted by Gasteiger charge is -2.40. The lowest BCUT2D eigenvalue weighted by atomic mass is 9.65. The molecule has 308 valence electrons. The number of fused-ring (bicyclic) bond motifs is 15. The molecule has 1 unspecified atom stereocenters. The molecule has 1 aliphatic heterocycles. The molecular formula is C64H41NO. The lowest BCUT2D eigenvalue weighted by molar-refractivity contribution is 0.438. The van der Waals surface area contributed by atoms with E-state index in [-0.39, 0.29) is 0 Å². The molecule has 0 radical (unpaired) electrons. The van der Waals surface area contributed by atoms with Crippen molar-refractivity contribution in [3.8, 4) is 33.8 Å². The number of para-hydroxylation sites is 1. The third kappa shape index (κ3) is 4.96. The normalized spacial score (nSPS) is 15.6. The number of nitrogens with zero attached hydrogens (tertiary/aromatic N) is 1. The first-order chi connectivity index (χ1) is 32.7. The zero-order chi connectivity index (χ0) is 43.4. The second-order valence-corrected chi connectivity index (χ2v) is 17.9. The van der Waals surface area contributed by atoms with Gasteiger partial charge in [-0.1, -0.05) is 200 Å². The minimum atomic E-state index is -0.655. The number of ether oxygens (including phenoxy) is 1. The molecule has 1 spiro atoms. The summed E-state index contributed by atoms with van der Waals surface area (Å²) in [5.74, 6) is 1.78. The van der Waals surface area contributed by atoms with E-state index in [1.54, 1.807) is 0 Å². The Kier molecular flexibility index (Phi) is 7.85. The first-order valence-electron chi connectivity index (χ1n) is 22.9. The fourth-order valence-corrected chi connectivity index (χ4v) is 12.1. The Morgan fingerprint density at radius 3 is 1.44 bits per heavy atom. The zero-order valence-corrected chi connectivity index (χ0v) is 36.0. The van der Waals surface area contributed by atoms with Gasteiger partial charge >= 0.3 is 0 Å². The predicted octanol–water partition coefficient (Wildman–Crippen LogP) is 16.3. The Bertz CT molecular complexity index is 3720. The standard InChI is InChI=1S/C64H41NO/c1-3-20-45(21-4-1)63(46-22-5-2-6-23-46)55-27-13-11-25-51(55)53-36-34-48(40-58(53)63)65(47-33-31-42-17-7-8-19-44(42)39-47)49-35-37-54-52-26-12-14-28-56(52)64(59(54)41-49)57-29-15-16-30-60(57)66-61-38-32-43-18-9-10-24-50(43)62(61)64/h1-41H. The van der Waals surface area contributed by atoms with Crippen LogP contribution >= 0.6 is 0 Å². The van der Waals surface area contributed by atoms with E-state index in [1.165, 1.54) is 82.7 Å². The maximum absolute atomic E-state index is 6.91.